The van der Waals surface area contributed by atoms with Crippen molar-refractivity contribution < 1.29 is 0 Å². The van der Waals surface area contributed by atoms with Crippen LogP contribution in [-0.4, -0.2) is 14.1 Å². The van der Waals surface area contributed by atoms with Crippen LogP contribution in [0.3, 0.4) is 0 Å². The van der Waals surface area contributed by atoms with Crippen LogP contribution < -0.4 is 9.80 Å². The van der Waals surface area contributed by atoms with Gasteiger partial charge in [0.05, 0.1) is 0 Å². The monoisotopic (exact) mass is 404 g/mol. The van der Waals surface area contributed by atoms with Crippen molar-refractivity contribution in [2.45, 2.75) is 6.92 Å². The lowest BCUT2D eigenvalue weighted by atomic mass is 10.1. The molecule has 0 aromatic heterocycles. The minimum atomic E-state index is 1.14. The van der Waals surface area contributed by atoms with E-state index in [-0.39, 0.29) is 0 Å². The predicted octanol–water partition coefficient (Wildman–Crippen LogP) is 7.70. The van der Waals surface area contributed by atoms with Crippen molar-refractivity contribution in [2.75, 3.05) is 23.9 Å². The summed E-state index contributed by atoms with van der Waals surface area (Å²) in [4.78, 5) is 4.39. The summed E-state index contributed by atoms with van der Waals surface area (Å²) in [6.45, 7) is 2.12. The molecule has 0 bridgehead atoms. The molecule has 0 radical (unpaired) electrons. The summed E-state index contributed by atoms with van der Waals surface area (Å²) in [7, 11) is 4.11. The van der Waals surface area contributed by atoms with Crippen LogP contribution in [0, 0.1) is 6.92 Å². The number of rotatable bonds is 6. The number of para-hydroxylation sites is 1. The highest BCUT2D eigenvalue weighted by Gasteiger charge is 2.11. The summed E-state index contributed by atoms with van der Waals surface area (Å²) < 4.78 is 0. The maximum atomic E-state index is 2.28. The summed E-state index contributed by atoms with van der Waals surface area (Å²) in [5.41, 5.74) is 8.28. The molecule has 0 spiro atoms. The van der Waals surface area contributed by atoms with Gasteiger partial charge in [0.1, 0.15) is 0 Å². The molecule has 0 fully saturated rings. The highest BCUT2D eigenvalue weighted by atomic mass is 15.1. The van der Waals surface area contributed by atoms with E-state index in [4.69, 9.17) is 0 Å². The van der Waals surface area contributed by atoms with Gasteiger partial charge in [0, 0.05) is 36.8 Å². The van der Waals surface area contributed by atoms with Gasteiger partial charge >= 0.3 is 0 Å². The Labute approximate surface area is 185 Å². The first kappa shape index (κ1) is 20.5. The molecule has 0 saturated carbocycles. The van der Waals surface area contributed by atoms with E-state index in [0.29, 0.717) is 0 Å². The lowest BCUT2D eigenvalue weighted by Crippen LogP contribution is -2.09. The van der Waals surface area contributed by atoms with Crippen LogP contribution in [0.15, 0.2) is 103 Å². The van der Waals surface area contributed by atoms with Crippen molar-refractivity contribution in [3.05, 3.63) is 120 Å². The molecule has 4 rings (SSSR count). The van der Waals surface area contributed by atoms with Crippen molar-refractivity contribution in [1.29, 1.82) is 0 Å². The number of benzene rings is 4. The fraction of sp³-hybridized carbons (Fsp3) is 0.103. The molecular weight excluding hydrogens is 376 g/mol. The van der Waals surface area contributed by atoms with E-state index < -0.39 is 0 Å². The maximum absolute atomic E-state index is 2.28. The lowest BCUT2D eigenvalue weighted by molar-refractivity contribution is 1.13. The Hall–Kier alpha value is -3.78. The second kappa shape index (κ2) is 9.36. The Morgan fingerprint density at radius 3 is 1.39 bits per heavy atom. The van der Waals surface area contributed by atoms with Crippen molar-refractivity contribution in [3.63, 3.8) is 0 Å². The summed E-state index contributed by atoms with van der Waals surface area (Å²) in [5.74, 6) is 0. The SMILES string of the molecule is Cc1ccc(N(c2ccccc2)c2ccc(/C=C/c3ccc(N(C)C)cc3)cc2)cc1. The molecule has 4 aromatic rings. The second-order valence-corrected chi connectivity index (χ2v) is 7.92. The molecule has 4 aromatic carbocycles. The van der Waals surface area contributed by atoms with E-state index in [9.17, 15) is 0 Å². The summed E-state index contributed by atoms with van der Waals surface area (Å²) in [6.07, 6.45) is 4.32. The highest BCUT2D eigenvalue weighted by molar-refractivity contribution is 5.78. The maximum Gasteiger partial charge on any atom is 0.0462 e. The number of aryl methyl sites for hydroxylation is 1. The number of anilines is 4. The Balaban J connectivity index is 1.59. The van der Waals surface area contributed by atoms with E-state index in [2.05, 4.69) is 146 Å². The Kier molecular flexibility index (Phi) is 6.18. The van der Waals surface area contributed by atoms with Crippen LogP contribution in [0.5, 0.6) is 0 Å². The molecule has 0 saturated heterocycles. The fourth-order valence-electron chi connectivity index (χ4n) is 3.53. The largest absolute Gasteiger partial charge is 0.378 e. The predicted molar refractivity (Wildman–Crippen MR) is 136 cm³/mol. The Morgan fingerprint density at radius 2 is 0.903 bits per heavy atom. The Morgan fingerprint density at radius 1 is 0.484 bits per heavy atom. The third kappa shape index (κ3) is 5.04. The lowest BCUT2D eigenvalue weighted by Gasteiger charge is -2.25. The first-order chi connectivity index (χ1) is 15.1. The minimum absolute atomic E-state index is 1.14. The molecule has 0 aliphatic carbocycles. The van der Waals surface area contributed by atoms with Crippen LogP contribution in [0.25, 0.3) is 12.2 Å². The van der Waals surface area contributed by atoms with E-state index in [1.807, 2.05) is 0 Å². The smallest absolute Gasteiger partial charge is 0.0462 e. The number of hydrogen-bond acceptors (Lipinski definition) is 2. The zero-order chi connectivity index (χ0) is 21.6. The molecule has 154 valence electrons. The molecule has 2 nitrogen and oxygen atoms in total. The molecule has 0 unspecified atom stereocenters. The van der Waals surface area contributed by atoms with Crippen LogP contribution >= 0.6 is 0 Å². The summed E-state index contributed by atoms with van der Waals surface area (Å²) in [6, 6.07) is 36.4. The van der Waals surface area contributed by atoms with Crippen molar-refractivity contribution in [2.24, 2.45) is 0 Å². The molecule has 2 heteroatoms. The van der Waals surface area contributed by atoms with Gasteiger partial charge in [-0.15, -0.1) is 0 Å². The van der Waals surface area contributed by atoms with E-state index >= 15 is 0 Å². The molecule has 0 aliphatic rings. The van der Waals surface area contributed by atoms with E-state index in [0.717, 1.165) is 17.1 Å². The quantitative estimate of drug-likeness (QED) is 0.304. The topological polar surface area (TPSA) is 6.48 Å². The highest BCUT2D eigenvalue weighted by Crippen LogP contribution is 2.34. The number of hydrogen-bond donors (Lipinski definition) is 0. The normalized spacial score (nSPS) is 10.9. The van der Waals surface area contributed by atoms with Crippen LogP contribution in [0.2, 0.25) is 0 Å². The summed E-state index contributed by atoms with van der Waals surface area (Å²) in [5, 5.41) is 0. The molecule has 31 heavy (non-hydrogen) atoms. The standard InChI is InChI=1S/C29H28N2/c1-23-9-17-28(18-10-23)31(27-7-5-4-6-8-27)29-21-15-25(16-22-29)12-11-24-13-19-26(20-14-24)30(2)3/h4-22H,1-3H3/b12-11+. The molecular formula is C29H28N2. The Bertz CT molecular complexity index is 1120. The van der Waals surface area contributed by atoms with Gasteiger partial charge in [-0.2, -0.15) is 0 Å². The van der Waals surface area contributed by atoms with Gasteiger partial charge in [-0.1, -0.05) is 72.3 Å². The van der Waals surface area contributed by atoms with Crippen molar-refractivity contribution >= 4 is 34.9 Å². The zero-order valence-electron chi connectivity index (χ0n) is 18.4. The third-order valence-corrected chi connectivity index (χ3v) is 5.34. The van der Waals surface area contributed by atoms with Gasteiger partial charge in [-0.25, -0.2) is 0 Å². The van der Waals surface area contributed by atoms with Crippen LogP contribution in [-0.2, 0) is 0 Å². The average molecular weight is 405 g/mol. The van der Waals surface area contributed by atoms with Crippen LogP contribution in [0.1, 0.15) is 16.7 Å². The van der Waals surface area contributed by atoms with Gasteiger partial charge in [-0.3, -0.25) is 0 Å². The second-order valence-electron chi connectivity index (χ2n) is 7.92. The first-order valence-corrected chi connectivity index (χ1v) is 10.6. The first-order valence-electron chi connectivity index (χ1n) is 10.6. The van der Waals surface area contributed by atoms with Gasteiger partial charge in [0.15, 0.2) is 0 Å². The van der Waals surface area contributed by atoms with Gasteiger partial charge in [0.2, 0.25) is 0 Å². The van der Waals surface area contributed by atoms with Gasteiger partial charge < -0.3 is 9.80 Å². The van der Waals surface area contributed by atoms with E-state index in [1.54, 1.807) is 0 Å². The van der Waals surface area contributed by atoms with Crippen molar-refractivity contribution in [1.82, 2.24) is 0 Å². The average Bonchev–Trinajstić information content (AvgIpc) is 2.81. The summed E-state index contributed by atoms with van der Waals surface area (Å²) >= 11 is 0. The minimum Gasteiger partial charge on any atom is -0.378 e. The number of nitrogens with zero attached hydrogens (tertiary/aromatic N) is 2. The molecule has 0 atom stereocenters. The van der Waals surface area contributed by atoms with Gasteiger partial charge in [0.25, 0.3) is 0 Å². The van der Waals surface area contributed by atoms with E-state index in [1.165, 1.54) is 22.4 Å². The van der Waals surface area contributed by atoms with Gasteiger partial charge in [-0.05, 0) is 66.6 Å². The molecule has 0 N–H and O–H groups in total. The fourth-order valence-corrected chi connectivity index (χ4v) is 3.53. The molecule has 0 heterocycles. The molecule has 0 aliphatic heterocycles. The zero-order valence-corrected chi connectivity index (χ0v) is 18.4. The third-order valence-electron chi connectivity index (χ3n) is 5.34. The molecule has 0 amide bonds. The van der Waals surface area contributed by atoms with Crippen molar-refractivity contribution in [3.8, 4) is 0 Å². The van der Waals surface area contributed by atoms with Crippen LogP contribution in [0.4, 0.5) is 22.7 Å².